The Balaban J connectivity index is -0.000000502. The first-order valence-electron chi connectivity index (χ1n) is 9.40. The van der Waals surface area contributed by atoms with Crippen LogP contribution in [0.2, 0.25) is 0 Å². The van der Waals surface area contributed by atoms with E-state index >= 15 is 0 Å². The molecule has 2 aromatic carbocycles. The predicted molar refractivity (Wildman–Crippen MR) is 123 cm³/mol. The number of aryl methyl sites for hydroxylation is 1. The fourth-order valence-corrected chi connectivity index (χ4v) is 4.96. The van der Waals surface area contributed by atoms with Crippen molar-refractivity contribution in [3.63, 3.8) is 0 Å². The molecule has 4 aromatic rings. The smallest absolute Gasteiger partial charge is 0.870 e. The van der Waals surface area contributed by atoms with E-state index in [9.17, 15) is 26.3 Å². The number of halogens is 6. The summed E-state index contributed by atoms with van der Waals surface area (Å²) < 4.78 is 74.9. The summed E-state index contributed by atoms with van der Waals surface area (Å²) >= 11 is 2.77. The average Bonchev–Trinajstić information content (AvgIpc) is 3.34. The maximum Gasteiger partial charge on any atom is 1.00 e. The second kappa shape index (κ2) is 18.5. The minimum absolute atomic E-state index is 0. The zero-order chi connectivity index (χ0) is 26.6. The summed E-state index contributed by atoms with van der Waals surface area (Å²) in [5, 5.41) is 3.60. The molecule has 0 aliphatic heterocycles. The maximum atomic E-state index is 12.3. The molecular formula is C23H19F6LiO6S2. The molecule has 4 rings (SSSR count). The molecule has 0 spiro atoms. The molecule has 0 saturated carbocycles. The third kappa shape index (κ3) is 14.2. The number of rotatable bonds is 2. The summed E-state index contributed by atoms with van der Waals surface area (Å²) in [6.07, 6.45) is -9.44. The summed E-state index contributed by atoms with van der Waals surface area (Å²) in [6, 6.07) is 13.8. The summed E-state index contributed by atoms with van der Waals surface area (Å²) in [5.74, 6) is 0. The van der Waals surface area contributed by atoms with Crippen molar-refractivity contribution >= 4 is 55.1 Å². The van der Waals surface area contributed by atoms with Crippen molar-refractivity contribution in [3.8, 4) is 0 Å². The summed E-state index contributed by atoms with van der Waals surface area (Å²) in [7, 11) is 0. The van der Waals surface area contributed by atoms with Crippen LogP contribution < -0.4 is 18.9 Å². The monoisotopic (exact) mass is 576 g/mol. The molecule has 3 N–H and O–H groups in total. The first kappa shape index (κ1) is 39.7. The molecule has 0 radical (unpaired) electrons. The average molecular weight is 576 g/mol. The van der Waals surface area contributed by atoms with E-state index in [0.29, 0.717) is 11.1 Å². The quantitative estimate of drug-likeness (QED) is 0.267. The Hall–Kier alpha value is -2.78. The molecular weight excluding hydrogens is 557 g/mol. The molecule has 0 bridgehead atoms. The number of carbonyl (C=O) groups excluding carboxylic acids is 4. The van der Waals surface area contributed by atoms with E-state index in [4.69, 9.17) is 19.2 Å². The molecule has 15 heteroatoms. The number of thiophene rings is 2. The molecule has 38 heavy (non-hydrogen) atoms. The van der Waals surface area contributed by atoms with Gasteiger partial charge < -0.3 is 11.0 Å². The van der Waals surface area contributed by atoms with Crippen LogP contribution in [0.3, 0.4) is 0 Å². The van der Waals surface area contributed by atoms with E-state index in [1.54, 1.807) is 18.2 Å². The fourth-order valence-electron chi connectivity index (χ4n) is 3.02. The first-order chi connectivity index (χ1) is 16.3. The van der Waals surface area contributed by atoms with E-state index in [1.807, 2.05) is 36.6 Å². The Morgan fingerprint density at radius 3 is 1.61 bits per heavy atom. The second-order valence-corrected chi connectivity index (χ2v) is 8.87. The van der Waals surface area contributed by atoms with Crippen molar-refractivity contribution in [2.24, 2.45) is 0 Å². The van der Waals surface area contributed by atoms with Crippen LogP contribution in [0.4, 0.5) is 26.3 Å². The van der Waals surface area contributed by atoms with Gasteiger partial charge in [-0.25, -0.2) is 0 Å². The van der Waals surface area contributed by atoms with Crippen LogP contribution in [0.25, 0.3) is 20.2 Å². The molecule has 6 nitrogen and oxygen atoms in total. The van der Waals surface area contributed by atoms with E-state index < -0.39 is 25.2 Å². The van der Waals surface area contributed by atoms with Crippen LogP contribution in [0, 0.1) is 6.92 Å². The summed E-state index contributed by atoms with van der Waals surface area (Å²) in [4.78, 5) is 33.5. The van der Waals surface area contributed by atoms with Gasteiger partial charge in [-0.1, -0.05) is 36.4 Å². The molecule has 2 aromatic heterocycles. The standard InChI is InChI=1S/C11H9F3S.C10H7F3S.2CO2.Li.2H2O/c1-7-5-8-3-2-4-9(10(8)15-7)6-11(12,13)14;11-10(12,13)6-8-3-1-2-7-4-5-14-9(7)8;2*2-1-3;;;/h2-5H,6H2,1H3;1-5H,6H2;;;;2*1H2/q;;;;+1;;/p-1. The van der Waals surface area contributed by atoms with E-state index in [2.05, 4.69) is 0 Å². The van der Waals surface area contributed by atoms with Crippen LogP contribution >= 0.6 is 22.7 Å². The number of alkyl halides is 6. The molecule has 0 amide bonds. The molecule has 0 atom stereocenters. The van der Waals surface area contributed by atoms with Crippen LogP contribution in [0.1, 0.15) is 16.0 Å². The van der Waals surface area contributed by atoms with E-state index in [1.165, 1.54) is 28.7 Å². The molecule has 0 aliphatic carbocycles. The first-order valence-corrected chi connectivity index (χ1v) is 11.1. The van der Waals surface area contributed by atoms with Gasteiger partial charge in [-0.3, -0.25) is 0 Å². The Morgan fingerprint density at radius 1 is 0.737 bits per heavy atom. The maximum absolute atomic E-state index is 12.3. The van der Waals surface area contributed by atoms with Gasteiger partial charge in [-0.05, 0) is 46.3 Å². The van der Waals surface area contributed by atoms with Crippen LogP contribution in [0.5, 0.6) is 0 Å². The van der Waals surface area contributed by atoms with Gasteiger partial charge in [0.1, 0.15) is 0 Å². The molecule has 0 aliphatic rings. The zero-order valence-electron chi connectivity index (χ0n) is 19.8. The van der Waals surface area contributed by atoms with Gasteiger partial charge in [-0.15, -0.1) is 22.7 Å². The number of fused-ring (bicyclic) bond motifs is 2. The van der Waals surface area contributed by atoms with Crippen LogP contribution in [-0.2, 0) is 32.0 Å². The second-order valence-electron chi connectivity index (χ2n) is 6.70. The number of hydrogen-bond donors (Lipinski definition) is 0. The normalized spacial score (nSPS) is 9.76. The van der Waals surface area contributed by atoms with Gasteiger partial charge in [0.25, 0.3) is 0 Å². The minimum Gasteiger partial charge on any atom is -0.870 e. The molecule has 0 saturated heterocycles. The molecule has 0 unspecified atom stereocenters. The Kier molecular flexibility index (Phi) is 19.3. The zero-order valence-corrected chi connectivity index (χ0v) is 21.4. The van der Waals surface area contributed by atoms with Gasteiger partial charge in [0, 0.05) is 14.3 Å². The van der Waals surface area contributed by atoms with Gasteiger partial charge in [0.2, 0.25) is 0 Å². The predicted octanol–water partition coefficient (Wildman–Crippen LogP) is 3.16. The minimum atomic E-state index is -4.13. The van der Waals surface area contributed by atoms with Crippen LogP contribution in [0.15, 0.2) is 53.9 Å². The summed E-state index contributed by atoms with van der Waals surface area (Å²) in [5.41, 5.74) is 0.739. The van der Waals surface area contributed by atoms with Crippen molar-refractivity contribution in [2.45, 2.75) is 32.1 Å². The van der Waals surface area contributed by atoms with Crippen molar-refractivity contribution < 1.29 is 75.3 Å². The van der Waals surface area contributed by atoms with Gasteiger partial charge in [0.15, 0.2) is 0 Å². The third-order valence-corrected chi connectivity index (χ3v) is 6.24. The Labute approximate surface area is 232 Å². The number of benzene rings is 2. The fraction of sp³-hybridized carbons (Fsp3) is 0.217. The van der Waals surface area contributed by atoms with Gasteiger partial charge in [0.05, 0.1) is 12.8 Å². The number of hydrogen-bond acceptors (Lipinski definition) is 7. The molecule has 202 valence electrons. The van der Waals surface area contributed by atoms with Crippen molar-refractivity contribution in [1.29, 1.82) is 0 Å². The van der Waals surface area contributed by atoms with E-state index in [-0.39, 0.29) is 42.1 Å². The van der Waals surface area contributed by atoms with Crippen LogP contribution in [-0.4, -0.2) is 35.6 Å². The molecule has 0 fully saturated rings. The van der Waals surface area contributed by atoms with Crippen molar-refractivity contribution in [1.82, 2.24) is 0 Å². The summed E-state index contributed by atoms with van der Waals surface area (Å²) in [6.45, 7) is 1.90. The Morgan fingerprint density at radius 2 is 1.16 bits per heavy atom. The third-order valence-electron chi connectivity index (χ3n) is 4.09. The van der Waals surface area contributed by atoms with Gasteiger partial charge in [-0.2, -0.15) is 45.5 Å². The molecule has 2 heterocycles. The van der Waals surface area contributed by atoms with Gasteiger partial charge >= 0.3 is 43.5 Å². The van der Waals surface area contributed by atoms with Crippen molar-refractivity contribution in [2.75, 3.05) is 0 Å². The SMILES string of the molecule is Cc1cc2cccc(CC(F)(F)F)c2s1.FC(F)(F)Cc1cccc2ccsc12.O.O=C=O.O=C=O.[Li+].[OH-]. The largest absolute Gasteiger partial charge is 1.00 e. The van der Waals surface area contributed by atoms with Crippen molar-refractivity contribution in [3.05, 3.63) is 69.9 Å². The topological polar surface area (TPSA) is 130 Å². The Bertz CT molecular complexity index is 1290. The van der Waals surface area contributed by atoms with E-state index in [0.717, 1.165) is 25.0 Å².